The van der Waals surface area contributed by atoms with Gasteiger partial charge in [0.2, 0.25) is 0 Å². The molecule has 0 aromatic heterocycles. The molecule has 7 heteroatoms. The van der Waals surface area contributed by atoms with E-state index in [1.165, 1.54) is 16.7 Å². The van der Waals surface area contributed by atoms with E-state index >= 15 is 0 Å². The fourth-order valence-corrected chi connectivity index (χ4v) is 3.36. The Kier molecular flexibility index (Phi) is 6.57. The molecule has 1 fully saturated rings. The number of rotatable bonds is 8. The molecule has 0 radical (unpaired) electrons. The molecule has 1 N–H and O–H groups in total. The van der Waals surface area contributed by atoms with Gasteiger partial charge < -0.3 is 9.84 Å². The van der Waals surface area contributed by atoms with Crippen LogP contribution in [0.1, 0.15) is 18.4 Å². The van der Waals surface area contributed by atoms with E-state index in [4.69, 9.17) is 22.1 Å². The Morgan fingerprint density at radius 1 is 1.38 bits per heavy atom. The van der Waals surface area contributed by atoms with Crippen LogP contribution in [0.25, 0.3) is 6.08 Å². The van der Waals surface area contributed by atoms with Crippen LogP contribution in [-0.4, -0.2) is 39.4 Å². The van der Waals surface area contributed by atoms with E-state index in [0.29, 0.717) is 28.8 Å². The van der Waals surface area contributed by atoms with Crippen LogP contribution in [0.2, 0.25) is 0 Å². The minimum atomic E-state index is -0.880. The van der Waals surface area contributed by atoms with Gasteiger partial charge in [0.15, 0.2) is 0 Å². The first-order chi connectivity index (χ1) is 11.5. The number of thioether (sulfide) groups is 1. The van der Waals surface area contributed by atoms with Crippen molar-refractivity contribution in [3.05, 3.63) is 47.4 Å². The summed E-state index contributed by atoms with van der Waals surface area (Å²) in [6, 6.07) is 7.36. The molecule has 0 atom stereocenters. The Morgan fingerprint density at radius 3 is 2.71 bits per heavy atom. The normalized spacial score (nSPS) is 15.8. The quantitative estimate of drug-likeness (QED) is 0.434. The third kappa shape index (κ3) is 4.94. The molecular formula is C17H17NO4S2. The van der Waals surface area contributed by atoms with Gasteiger partial charge in [-0.1, -0.05) is 48.8 Å². The zero-order valence-corrected chi connectivity index (χ0v) is 14.6. The van der Waals surface area contributed by atoms with Crippen molar-refractivity contribution >= 4 is 46.3 Å². The number of benzene rings is 1. The van der Waals surface area contributed by atoms with E-state index in [9.17, 15) is 9.59 Å². The SMILES string of the molecule is C=CCOc1ccc(/C=C2\SC(=S)N(CCCC(=O)O)C2=O)cc1. The number of carboxylic acid groups (broad SMARTS) is 1. The van der Waals surface area contributed by atoms with Gasteiger partial charge in [0.05, 0.1) is 4.91 Å². The molecule has 1 aliphatic rings. The van der Waals surface area contributed by atoms with Gasteiger partial charge in [-0.05, 0) is 30.2 Å². The number of carbonyl (C=O) groups is 2. The summed E-state index contributed by atoms with van der Waals surface area (Å²) in [7, 11) is 0. The molecule has 1 aliphatic heterocycles. The first-order valence-corrected chi connectivity index (χ1v) is 8.54. The lowest BCUT2D eigenvalue weighted by Gasteiger charge is -2.13. The predicted molar refractivity (Wildman–Crippen MR) is 98.9 cm³/mol. The van der Waals surface area contributed by atoms with Crippen LogP contribution in [0.5, 0.6) is 5.75 Å². The monoisotopic (exact) mass is 363 g/mol. The largest absolute Gasteiger partial charge is 0.490 e. The van der Waals surface area contributed by atoms with E-state index in [-0.39, 0.29) is 12.3 Å². The molecule has 0 saturated carbocycles. The number of carbonyl (C=O) groups excluding carboxylic acids is 1. The molecule has 1 aromatic rings. The maximum atomic E-state index is 12.4. The molecule has 2 rings (SSSR count). The average Bonchev–Trinajstić information content (AvgIpc) is 2.81. The highest BCUT2D eigenvalue weighted by atomic mass is 32.2. The summed E-state index contributed by atoms with van der Waals surface area (Å²) in [5.74, 6) is -0.328. The molecule has 0 spiro atoms. The lowest BCUT2D eigenvalue weighted by Crippen LogP contribution is -2.29. The molecule has 5 nitrogen and oxygen atoms in total. The molecule has 1 heterocycles. The maximum Gasteiger partial charge on any atom is 0.303 e. The smallest absolute Gasteiger partial charge is 0.303 e. The highest BCUT2D eigenvalue weighted by Gasteiger charge is 2.31. The van der Waals surface area contributed by atoms with E-state index in [2.05, 4.69) is 6.58 Å². The molecule has 1 saturated heterocycles. The van der Waals surface area contributed by atoms with Crippen LogP contribution in [-0.2, 0) is 9.59 Å². The van der Waals surface area contributed by atoms with E-state index in [1.54, 1.807) is 12.2 Å². The van der Waals surface area contributed by atoms with E-state index < -0.39 is 5.97 Å². The molecule has 1 aromatic carbocycles. The highest BCUT2D eigenvalue weighted by molar-refractivity contribution is 8.26. The van der Waals surface area contributed by atoms with Crippen molar-refractivity contribution in [3.63, 3.8) is 0 Å². The van der Waals surface area contributed by atoms with Crippen molar-refractivity contribution < 1.29 is 19.4 Å². The topological polar surface area (TPSA) is 66.8 Å². The van der Waals surface area contributed by atoms with Crippen molar-refractivity contribution in [3.8, 4) is 5.75 Å². The van der Waals surface area contributed by atoms with Gasteiger partial charge in [0, 0.05) is 13.0 Å². The zero-order chi connectivity index (χ0) is 17.5. The number of carboxylic acids is 1. The van der Waals surface area contributed by atoms with Crippen molar-refractivity contribution in [2.24, 2.45) is 0 Å². The number of nitrogens with zero attached hydrogens (tertiary/aromatic N) is 1. The fraction of sp³-hybridized carbons (Fsp3) is 0.235. The van der Waals surface area contributed by atoms with Gasteiger partial charge in [-0.25, -0.2) is 0 Å². The molecule has 0 unspecified atom stereocenters. The first kappa shape index (κ1) is 18.2. The van der Waals surface area contributed by atoms with Crippen LogP contribution in [0.15, 0.2) is 41.8 Å². The van der Waals surface area contributed by atoms with Crippen LogP contribution in [0.3, 0.4) is 0 Å². The summed E-state index contributed by atoms with van der Waals surface area (Å²) in [4.78, 5) is 24.9. The number of thiocarbonyl (C=S) groups is 1. The molecule has 126 valence electrons. The van der Waals surface area contributed by atoms with Gasteiger partial charge in [-0.3, -0.25) is 14.5 Å². The number of aliphatic carboxylic acids is 1. The summed E-state index contributed by atoms with van der Waals surface area (Å²) in [5.41, 5.74) is 0.868. The second-order valence-electron chi connectivity index (χ2n) is 5.00. The summed E-state index contributed by atoms with van der Waals surface area (Å²) in [6.45, 7) is 4.35. The minimum Gasteiger partial charge on any atom is -0.490 e. The molecule has 24 heavy (non-hydrogen) atoms. The Bertz CT molecular complexity index is 682. The number of hydrogen-bond acceptors (Lipinski definition) is 5. The third-order valence-corrected chi connectivity index (χ3v) is 4.57. The minimum absolute atomic E-state index is 0.0161. The highest BCUT2D eigenvalue weighted by Crippen LogP contribution is 2.32. The van der Waals surface area contributed by atoms with Crippen molar-refractivity contribution in [1.82, 2.24) is 4.90 Å². The molecular weight excluding hydrogens is 346 g/mol. The zero-order valence-electron chi connectivity index (χ0n) is 12.9. The Morgan fingerprint density at radius 2 is 2.08 bits per heavy atom. The van der Waals surface area contributed by atoms with Gasteiger partial charge in [0.1, 0.15) is 16.7 Å². The second kappa shape index (κ2) is 8.65. The number of ether oxygens (including phenoxy) is 1. The van der Waals surface area contributed by atoms with Crippen LogP contribution >= 0.6 is 24.0 Å². The predicted octanol–water partition coefficient (Wildman–Crippen LogP) is 3.32. The molecule has 0 bridgehead atoms. The van der Waals surface area contributed by atoms with Crippen molar-refractivity contribution in [2.45, 2.75) is 12.8 Å². The first-order valence-electron chi connectivity index (χ1n) is 7.32. The van der Waals surface area contributed by atoms with Gasteiger partial charge in [0.25, 0.3) is 5.91 Å². The summed E-state index contributed by atoms with van der Waals surface area (Å²) in [5, 5.41) is 8.67. The van der Waals surface area contributed by atoms with Crippen molar-refractivity contribution in [1.29, 1.82) is 0 Å². The second-order valence-corrected chi connectivity index (χ2v) is 6.68. The van der Waals surface area contributed by atoms with Gasteiger partial charge in [-0.2, -0.15) is 0 Å². The molecule has 1 amide bonds. The van der Waals surface area contributed by atoms with Gasteiger partial charge >= 0.3 is 5.97 Å². The lowest BCUT2D eigenvalue weighted by atomic mass is 10.2. The van der Waals surface area contributed by atoms with Crippen LogP contribution in [0.4, 0.5) is 0 Å². The Hall–Kier alpha value is -2.12. The van der Waals surface area contributed by atoms with E-state index in [1.807, 2.05) is 24.3 Å². The van der Waals surface area contributed by atoms with Crippen LogP contribution in [0, 0.1) is 0 Å². The standard InChI is InChI=1S/C17H17NO4S2/c1-2-10-22-13-7-5-12(6-8-13)11-14-16(21)18(17(23)24-14)9-3-4-15(19)20/h2,5-8,11H,1,3-4,9-10H2,(H,19,20)/b14-11-. The number of amides is 1. The maximum absolute atomic E-state index is 12.4. The summed E-state index contributed by atoms with van der Waals surface area (Å²) in [6.07, 6.45) is 3.84. The fourth-order valence-electron chi connectivity index (χ4n) is 2.05. The van der Waals surface area contributed by atoms with Crippen LogP contribution < -0.4 is 4.74 Å². The summed E-state index contributed by atoms with van der Waals surface area (Å²) >= 11 is 6.44. The van der Waals surface area contributed by atoms with E-state index in [0.717, 1.165) is 11.3 Å². The average molecular weight is 363 g/mol. The Labute approximate surface area is 150 Å². The Balaban J connectivity index is 2.02. The number of hydrogen-bond donors (Lipinski definition) is 1. The van der Waals surface area contributed by atoms with Gasteiger partial charge in [-0.15, -0.1) is 0 Å². The van der Waals surface area contributed by atoms with Crippen molar-refractivity contribution in [2.75, 3.05) is 13.2 Å². The third-order valence-electron chi connectivity index (χ3n) is 3.19. The summed E-state index contributed by atoms with van der Waals surface area (Å²) < 4.78 is 5.87. The molecule has 0 aliphatic carbocycles. The lowest BCUT2D eigenvalue weighted by molar-refractivity contribution is -0.137.